The zero-order valence-electron chi connectivity index (χ0n) is 23.5. The van der Waals surface area contributed by atoms with Gasteiger partial charge in [0, 0.05) is 32.1 Å². The molecule has 3 N–H and O–H groups in total. The summed E-state index contributed by atoms with van der Waals surface area (Å²) in [6, 6.07) is 0.658. The van der Waals surface area contributed by atoms with Crippen molar-refractivity contribution in [2.45, 2.75) is 94.7 Å². The summed E-state index contributed by atoms with van der Waals surface area (Å²) in [7, 11) is 0. The second-order valence-corrected chi connectivity index (χ2v) is 12.3. The molecular weight excluding hydrogens is 574 g/mol. The third kappa shape index (κ3) is 6.50. The molecular formula is C28H33F4N7O4. The standard InChI is InChI=1S/C28H33F4N7O4/c1-14(40)22-25(38-43-37-22)26(42)36-24(17-4-6-27(29,30)7-5-17)19-13-39-20(34-19)9-18(12-33-39)23(16-2-3-16)35-21(41)8-15-10-28(31,32)11-15/h9,12-17,23-24,40H,2-8,10-11H2,1H3,(H,35,41)(H,36,42)/t14-,23?,24+/m1/s1. The van der Waals surface area contributed by atoms with E-state index < -0.39 is 29.9 Å². The molecule has 0 spiro atoms. The molecule has 1 unspecified atom stereocenters. The van der Waals surface area contributed by atoms with Gasteiger partial charge in [-0.2, -0.15) is 5.10 Å². The first kappa shape index (κ1) is 29.5. The van der Waals surface area contributed by atoms with Crippen molar-refractivity contribution in [2.75, 3.05) is 0 Å². The van der Waals surface area contributed by atoms with Crippen molar-refractivity contribution in [2.24, 2.45) is 17.8 Å². The topological polar surface area (TPSA) is 148 Å². The average molecular weight is 608 g/mol. The van der Waals surface area contributed by atoms with Crippen LogP contribution in [0.4, 0.5) is 17.6 Å². The molecule has 11 nitrogen and oxygen atoms in total. The Kier molecular flexibility index (Phi) is 7.63. The van der Waals surface area contributed by atoms with Gasteiger partial charge < -0.3 is 15.7 Å². The van der Waals surface area contributed by atoms with Gasteiger partial charge >= 0.3 is 0 Å². The average Bonchev–Trinajstić information content (AvgIpc) is 3.47. The van der Waals surface area contributed by atoms with Gasteiger partial charge in [0.25, 0.3) is 5.91 Å². The first-order valence-corrected chi connectivity index (χ1v) is 14.6. The summed E-state index contributed by atoms with van der Waals surface area (Å²) in [5, 5.41) is 27.5. The van der Waals surface area contributed by atoms with E-state index in [9.17, 15) is 32.3 Å². The Bertz CT molecular complexity index is 1490. The Hall–Kier alpha value is -3.62. The molecule has 0 aliphatic heterocycles. The highest BCUT2D eigenvalue weighted by atomic mass is 19.3. The first-order chi connectivity index (χ1) is 20.4. The molecule has 0 bridgehead atoms. The van der Waals surface area contributed by atoms with Gasteiger partial charge in [-0.3, -0.25) is 9.59 Å². The molecule has 6 rings (SSSR count). The van der Waals surface area contributed by atoms with Crippen LogP contribution in [-0.2, 0) is 4.79 Å². The smallest absolute Gasteiger partial charge is 0.276 e. The number of alkyl halides is 4. The number of fused-ring (bicyclic) bond motifs is 1. The molecule has 232 valence electrons. The van der Waals surface area contributed by atoms with Gasteiger partial charge in [0.05, 0.1) is 36.3 Å². The highest BCUT2D eigenvalue weighted by molar-refractivity contribution is 5.93. The zero-order chi connectivity index (χ0) is 30.5. The van der Waals surface area contributed by atoms with Crippen LogP contribution in [-0.4, -0.2) is 53.7 Å². The maximum atomic E-state index is 14.0. The van der Waals surface area contributed by atoms with E-state index in [-0.39, 0.29) is 86.0 Å². The van der Waals surface area contributed by atoms with Crippen molar-refractivity contribution in [3.05, 3.63) is 41.1 Å². The van der Waals surface area contributed by atoms with Crippen LogP contribution in [0.5, 0.6) is 0 Å². The van der Waals surface area contributed by atoms with E-state index in [1.807, 2.05) is 0 Å². The number of hydrogen-bond acceptors (Lipinski definition) is 8. The van der Waals surface area contributed by atoms with Crippen molar-refractivity contribution in [3.63, 3.8) is 0 Å². The fourth-order valence-electron chi connectivity index (χ4n) is 6.22. The monoisotopic (exact) mass is 607 g/mol. The molecule has 0 aromatic carbocycles. The van der Waals surface area contributed by atoms with Gasteiger partial charge in [-0.05, 0) is 67.1 Å². The SMILES string of the molecule is C[C@@H](O)c1nonc1C(=O)N[C@H](c1cn2ncc(C(NC(=O)CC3CC(F)(F)C3)C3CC3)cc2n1)C1CCC(F)(F)CC1. The van der Waals surface area contributed by atoms with Crippen molar-refractivity contribution in [1.82, 2.24) is 35.5 Å². The number of aliphatic hydroxyl groups excluding tert-OH is 1. The van der Waals surface area contributed by atoms with Gasteiger partial charge in [-0.15, -0.1) is 0 Å². The van der Waals surface area contributed by atoms with Gasteiger partial charge in [0.15, 0.2) is 11.3 Å². The van der Waals surface area contributed by atoms with E-state index in [0.717, 1.165) is 12.8 Å². The molecule has 3 aliphatic rings. The third-order valence-corrected chi connectivity index (χ3v) is 8.74. The molecule has 3 saturated carbocycles. The minimum atomic E-state index is -2.78. The zero-order valence-corrected chi connectivity index (χ0v) is 23.5. The molecule has 15 heteroatoms. The van der Waals surface area contributed by atoms with Crippen LogP contribution in [0.25, 0.3) is 5.65 Å². The van der Waals surface area contributed by atoms with E-state index >= 15 is 0 Å². The number of nitrogens with one attached hydrogen (secondary N) is 2. The minimum absolute atomic E-state index is 0.0433. The summed E-state index contributed by atoms with van der Waals surface area (Å²) in [6.07, 6.45) is 3.06. The number of rotatable bonds is 10. The van der Waals surface area contributed by atoms with Crippen molar-refractivity contribution >= 4 is 17.5 Å². The number of imidazole rings is 1. The Morgan fingerprint density at radius 3 is 2.40 bits per heavy atom. The van der Waals surface area contributed by atoms with E-state index in [2.05, 4.69) is 30.7 Å². The predicted molar refractivity (Wildman–Crippen MR) is 141 cm³/mol. The molecule has 43 heavy (non-hydrogen) atoms. The lowest BCUT2D eigenvalue weighted by atomic mass is 9.79. The largest absolute Gasteiger partial charge is 0.387 e. The lowest BCUT2D eigenvalue weighted by Gasteiger charge is -2.34. The number of aromatic nitrogens is 5. The Balaban J connectivity index is 1.24. The first-order valence-electron chi connectivity index (χ1n) is 14.6. The van der Waals surface area contributed by atoms with Gasteiger partial charge in [-0.25, -0.2) is 31.7 Å². The fourth-order valence-corrected chi connectivity index (χ4v) is 6.22. The molecule has 0 radical (unpaired) electrons. The maximum Gasteiger partial charge on any atom is 0.276 e. The second kappa shape index (κ2) is 11.1. The maximum absolute atomic E-state index is 14.0. The molecule has 2 amide bonds. The highest BCUT2D eigenvalue weighted by Gasteiger charge is 2.46. The number of nitrogens with zero attached hydrogens (tertiary/aromatic N) is 5. The molecule has 3 heterocycles. The molecule has 3 aromatic heterocycles. The van der Waals surface area contributed by atoms with Gasteiger partial charge in [-0.1, -0.05) is 5.16 Å². The van der Waals surface area contributed by atoms with E-state index in [4.69, 9.17) is 4.98 Å². The normalized spacial score (nSPS) is 22.5. The second-order valence-electron chi connectivity index (χ2n) is 12.3. The van der Waals surface area contributed by atoms with Crippen molar-refractivity contribution in [3.8, 4) is 0 Å². The number of aliphatic hydroxyl groups is 1. The van der Waals surface area contributed by atoms with Crippen LogP contribution in [0.3, 0.4) is 0 Å². The Labute approximate surface area is 243 Å². The predicted octanol–water partition coefficient (Wildman–Crippen LogP) is 4.46. The Morgan fingerprint density at radius 1 is 1.05 bits per heavy atom. The summed E-state index contributed by atoms with van der Waals surface area (Å²) < 4.78 is 60.6. The van der Waals surface area contributed by atoms with E-state index in [1.54, 1.807) is 18.5 Å². The van der Waals surface area contributed by atoms with E-state index in [1.165, 1.54) is 11.4 Å². The summed E-state index contributed by atoms with van der Waals surface area (Å²) in [5.41, 5.74) is 1.29. The van der Waals surface area contributed by atoms with Gasteiger partial charge in [0.1, 0.15) is 5.69 Å². The Morgan fingerprint density at radius 2 is 1.74 bits per heavy atom. The lowest BCUT2D eigenvalue weighted by Crippen LogP contribution is -2.39. The molecule has 3 aromatic rings. The van der Waals surface area contributed by atoms with Crippen LogP contribution < -0.4 is 10.6 Å². The lowest BCUT2D eigenvalue weighted by molar-refractivity contribution is -0.134. The summed E-state index contributed by atoms with van der Waals surface area (Å²) in [5.74, 6) is -6.93. The number of carbonyl (C=O) groups excluding carboxylic acids is 2. The van der Waals surface area contributed by atoms with Crippen LogP contribution >= 0.6 is 0 Å². The van der Waals surface area contributed by atoms with Crippen molar-refractivity contribution < 1.29 is 36.9 Å². The van der Waals surface area contributed by atoms with Crippen molar-refractivity contribution in [1.29, 1.82) is 0 Å². The highest BCUT2D eigenvalue weighted by Crippen LogP contribution is 2.45. The third-order valence-electron chi connectivity index (χ3n) is 8.74. The van der Waals surface area contributed by atoms with Crippen LogP contribution in [0, 0.1) is 17.8 Å². The fraction of sp³-hybridized carbons (Fsp3) is 0.643. The minimum Gasteiger partial charge on any atom is -0.387 e. The quantitative estimate of drug-likeness (QED) is 0.286. The van der Waals surface area contributed by atoms with E-state index in [0.29, 0.717) is 16.9 Å². The summed E-state index contributed by atoms with van der Waals surface area (Å²) >= 11 is 0. The summed E-state index contributed by atoms with van der Waals surface area (Å²) in [4.78, 5) is 30.6. The summed E-state index contributed by atoms with van der Waals surface area (Å²) in [6.45, 7) is 1.41. The molecule has 3 aliphatic carbocycles. The molecule has 3 atom stereocenters. The van der Waals surface area contributed by atoms with Crippen LogP contribution in [0.2, 0.25) is 0 Å². The van der Waals surface area contributed by atoms with Crippen LogP contribution in [0.15, 0.2) is 23.1 Å². The van der Waals surface area contributed by atoms with Crippen LogP contribution in [0.1, 0.15) is 110 Å². The number of hydrogen-bond donors (Lipinski definition) is 3. The number of carbonyl (C=O) groups is 2. The number of amides is 2. The number of halogens is 4. The van der Waals surface area contributed by atoms with Gasteiger partial charge in [0.2, 0.25) is 17.8 Å². The molecule has 0 saturated heterocycles. The molecule has 3 fully saturated rings.